The first-order chi connectivity index (χ1) is 8.66. The Morgan fingerprint density at radius 1 is 1.39 bits per heavy atom. The number of nitrogens with zero attached hydrogens (tertiary/aromatic N) is 2. The van der Waals surface area contributed by atoms with Gasteiger partial charge in [-0.15, -0.1) is 0 Å². The molecule has 1 aromatic rings. The highest BCUT2D eigenvalue weighted by molar-refractivity contribution is 6.29. The van der Waals surface area contributed by atoms with Crippen LogP contribution in [0, 0.1) is 5.92 Å². The van der Waals surface area contributed by atoms with Crippen LogP contribution < -0.4 is 0 Å². The monoisotopic (exact) mass is 266 g/mol. The molecular formula is C14H19ClN2O. The van der Waals surface area contributed by atoms with E-state index in [9.17, 15) is 4.79 Å². The van der Waals surface area contributed by atoms with E-state index in [1.807, 2.05) is 7.05 Å². The third kappa shape index (κ3) is 3.45. The van der Waals surface area contributed by atoms with Crippen LogP contribution in [0.1, 0.15) is 42.5 Å². The quantitative estimate of drug-likeness (QED) is 0.786. The first-order valence-corrected chi connectivity index (χ1v) is 6.91. The summed E-state index contributed by atoms with van der Waals surface area (Å²) in [5.41, 5.74) is 0.609. The summed E-state index contributed by atoms with van der Waals surface area (Å²) in [5, 5.41) is 0.418. The second kappa shape index (κ2) is 6.19. The molecule has 1 aliphatic carbocycles. The van der Waals surface area contributed by atoms with Crippen molar-refractivity contribution in [3.63, 3.8) is 0 Å². The van der Waals surface area contributed by atoms with E-state index in [1.54, 1.807) is 23.2 Å². The zero-order valence-corrected chi connectivity index (χ0v) is 11.5. The van der Waals surface area contributed by atoms with Gasteiger partial charge in [0.25, 0.3) is 5.91 Å². The fourth-order valence-corrected chi connectivity index (χ4v) is 2.67. The van der Waals surface area contributed by atoms with Gasteiger partial charge in [0.1, 0.15) is 5.15 Å². The average Bonchev–Trinajstić information content (AvgIpc) is 2.40. The van der Waals surface area contributed by atoms with Gasteiger partial charge in [-0.1, -0.05) is 30.9 Å². The number of rotatable bonds is 3. The van der Waals surface area contributed by atoms with Crippen molar-refractivity contribution in [2.24, 2.45) is 5.92 Å². The lowest BCUT2D eigenvalue weighted by molar-refractivity contribution is 0.0760. The minimum Gasteiger partial charge on any atom is -0.341 e. The van der Waals surface area contributed by atoms with E-state index in [0.29, 0.717) is 16.6 Å². The molecule has 0 saturated heterocycles. The van der Waals surface area contributed by atoms with Gasteiger partial charge < -0.3 is 4.90 Å². The van der Waals surface area contributed by atoms with Crippen molar-refractivity contribution < 1.29 is 4.79 Å². The Labute approximate surface area is 113 Å². The first-order valence-electron chi connectivity index (χ1n) is 6.54. The predicted molar refractivity (Wildman–Crippen MR) is 72.8 cm³/mol. The molecule has 1 fully saturated rings. The van der Waals surface area contributed by atoms with Gasteiger partial charge in [0.2, 0.25) is 0 Å². The molecule has 0 unspecified atom stereocenters. The molecule has 0 bridgehead atoms. The maximum absolute atomic E-state index is 12.2. The van der Waals surface area contributed by atoms with Gasteiger partial charge in [-0.2, -0.15) is 0 Å². The fraction of sp³-hybridized carbons (Fsp3) is 0.571. The zero-order valence-electron chi connectivity index (χ0n) is 10.7. The summed E-state index contributed by atoms with van der Waals surface area (Å²) in [5.74, 6) is 0.692. The van der Waals surface area contributed by atoms with Gasteiger partial charge in [-0.25, -0.2) is 4.98 Å². The maximum Gasteiger partial charge on any atom is 0.255 e. The Morgan fingerprint density at radius 3 is 2.72 bits per heavy atom. The molecule has 1 amide bonds. The van der Waals surface area contributed by atoms with Crippen molar-refractivity contribution in [1.29, 1.82) is 0 Å². The Morgan fingerprint density at radius 2 is 2.11 bits per heavy atom. The highest BCUT2D eigenvalue weighted by Gasteiger charge is 2.19. The van der Waals surface area contributed by atoms with Crippen LogP contribution in [-0.4, -0.2) is 29.4 Å². The Kier molecular flexibility index (Phi) is 4.59. The number of pyridine rings is 1. The standard InChI is InChI=1S/C14H19ClN2O/c1-17(10-11-5-3-2-4-6-11)14(18)12-7-8-13(15)16-9-12/h7-9,11H,2-6,10H2,1H3. The fourth-order valence-electron chi connectivity index (χ4n) is 2.56. The van der Waals surface area contributed by atoms with Crippen LogP contribution in [0.5, 0.6) is 0 Å². The van der Waals surface area contributed by atoms with Gasteiger partial charge >= 0.3 is 0 Å². The minimum absolute atomic E-state index is 0.0322. The van der Waals surface area contributed by atoms with Crippen LogP contribution >= 0.6 is 11.6 Å². The Hall–Kier alpha value is -1.09. The highest BCUT2D eigenvalue weighted by atomic mass is 35.5. The van der Waals surface area contributed by atoms with Crippen molar-refractivity contribution in [2.75, 3.05) is 13.6 Å². The summed E-state index contributed by atoms with van der Waals surface area (Å²) in [6.45, 7) is 0.849. The van der Waals surface area contributed by atoms with Crippen molar-refractivity contribution in [3.8, 4) is 0 Å². The van der Waals surface area contributed by atoms with Crippen molar-refractivity contribution in [3.05, 3.63) is 29.0 Å². The van der Waals surface area contributed by atoms with Crippen LogP contribution in [0.4, 0.5) is 0 Å². The van der Waals surface area contributed by atoms with Crippen LogP contribution in [-0.2, 0) is 0 Å². The number of halogens is 1. The predicted octanol–water partition coefficient (Wildman–Crippen LogP) is 3.39. The zero-order chi connectivity index (χ0) is 13.0. The summed E-state index contributed by atoms with van der Waals surface area (Å²) >= 11 is 5.72. The molecule has 0 aliphatic heterocycles. The molecule has 0 aromatic carbocycles. The van der Waals surface area contributed by atoms with E-state index in [0.717, 1.165) is 6.54 Å². The van der Waals surface area contributed by atoms with Gasteiger partial charge in [-0.05, 0) is 30.9 Å². The van der Waals surface area contributed by atoms with E-state index >= 15 is 0 Å². The molecule has 1 aliphatic rings. The molecule has 3 nitrogen and oxygen atoms in total. The second-order valence-corrected chi connectivity index (χ2v) is 5.45. The molecule has 0 spiro atoms. The van der Waals surface area contributed by atoms with Crippen LogP contribution in [0.3, 0.4) is 0 Å². The number of hydrogen-bond donors (Lipinski definition) is 0. The Balaban J connectivity index is 1.93. The van der Waals surface area contributed by atoms with E-state index in [4.69, 9.17) is 11.6 Å². The lowest BCUT2D eigenvalue weighted by atomic mass is 9.89. The second-order valence-electron chi connectivity index (χ2n) is 5.06. The molecule has 18 heavy (non-hydrogen) atoms. The molecule has 2 rings (SSSR count). The SMILES string of the molecule is CN(CC1CCCCC1)C(=O)c1ccc(Cl)nc1. The molecular weight excluding hydrogens is 248 g/mol. The topological polar surface area (TPSA) is 33.2 Å². The lowest BCUT2D eigenvalue weighted by Gasteiger charge is -2.27. The van der Waals surface area contributed by atoms with Gasteiger partial charge in [0, 0.05) is 19.8 Å². The lowest BCUT2D eigenvalue weighted by Crippen LogP contribution is -2.32. The van der Waals surface area contributed by atoms with E-state index < -0.39 is 0 Å². The van der Waals surface area contributed by atoms with Crippen molar-refractivity contribution in [1.82, 2.24) is 9.88 Å². The van der Waals surface area contributed by atoms with Gasteiger partial charge in [-0.3, -0.25) is 4.79 Å². The first kappa shape index (κ1) is 13.3. The summed E-state index contributed by atoms with van der Waals surface area (Å²) in [6.07, 6.45) is 7.98. The van der Waals surface area contributed by atoms with E-state index in [1.165, 1.54) is 32.1 Å². The number of hydrogen-bond acceptors (Lipinski definition) is 2. The van der Waals surface area contributed by atoms with Crippen molar-refractivity contribution in [2.45, 2.75) is 32.1 Å². The van der Waals surface area contributed by atoms with E-state index in [2.05, 4.69) is 4.98 Å². The molecule has 1 saturated carbocycles. The van der Waals surface area contributed by atoms with Gasteiger partial charge in [0.15, 0.2) is 0 Å². The van der Waals surface area contributed by atoms with Crippen molar-refractivity contribution >= 4 is 17.5 Å². The van der Waals surface area contributed by atoms with Crippen LogP contribution in [0.15, 0.2) is 18.3 Å². The average molecular weight is 267 g/mol. The third-order valence-electron chi connectivity index (χ3n) is 3.58. The molecule has 4 heteroatoms. The summed E-state index contributed by atoms with van der Waals surface area (Å²) in [7, 11) is 1.87. The summed E-state index contributed by atoms with van der Waals surface area (Å²) in [4.78, 5) is 17.9. The third-order valence-corrected chi connectivity index (χ3v) is 3.80. The normalized spacial score (nSPS) is 16.6. The maximum atomic E-state index is 12.2. The summed E-state index contributed by atoms with van der Waals surface area (Å²) in [6, 6.07) is 3.39. The largest absolute Gasteiger partial charge is 0.341 e. The number of aromatic nitrogens is 1. The highest BCUT2D eigenvalue weighted by Crippen LogP contribution is 2.24. The molecule has 0 radical (unpaired) electrons. The number of carbonyl (C=O) groups is 1. The Bertz CT molecular complexity index is 399. The minimum atomic E-state index is 0.0322. The van der Waals surface area contributed by atoms with Crippen LogP contribution in [0.25, 0.3) is 0 Å². The molecule has 98 valence electrons. The molecule has 1 aromatic heterocycles. The number of carbonyl (C=O) groups excluding carboxylic acids is 1. The van der Waals surface area contributed by atoms with Crippen LogP contribution in [0.2, 0.25) is 5.15 Å². The molecule has 0 atom stereocenters. The molecule has 0 N–H and O–H groups in total. The van der Waals surface area contributed by atoms with E-state index in [-0.39, 0.29) is 5.91 Å². The van der Waals surface area contributed by atoms with Gasteiger partial charge in [0.05, 0.1) is 5.56 Å². The smallest absolute Gasteiger partial charge is 0.255 e. The summed E-state index contributed by atoms with van der Waals surface area (Å²) < 4.78 is 0. The molecule has 1 heterocycles. The number of amides is 1.